The van der Waals surface area contributed by atoms with E-state index in [0.29, 0.717) is 16.8 Å². The monoisotopic (exact) mass is 429 g/mol. The van der Waals surface area contributed by atoms with Crippen molar-refractivity contribution < 1.29 is 27.9 Å². The smallest absolute Gasteiger partial charge is 0.392 e. The van der Waals surface area contributed by atoms with E-state index in [4.69, 9.17) is 0 Å². The van der Waals surface area contributed by atoms with Gasteiger partial charge < -0.3 is 15.7 Å². The van der Waals surface area contributed by atoms with Crippen LogP contribution in [0.25, 0.3) is 0 Å². The van der Waals surface area contributed by atoms with Gasteiger partial charge in [-0.15, -0.1) is 0 Å². The molecule has 3 rings (SSSR count). The zero-order valence-electron chi connectivity index (χ0n) is 16.3. The van der Waals surface area contributed by atoms with Crippen molar-refractivity contribution in [1.29, 1.82) is 0 Å². The molecular weight excluding hydrogens is 411 g/mol. The number of carbonyl (C=O) groups excluding carboxylic acids is 2. The molecule has 2 amide bonds. The number of aliphatic hydroxyl groups is 1. The molecule has 2 aromatic carbocycles. The topological polar surface area (TPSA) is 91.3 Å². The highest BCUT2D eigenvalue weighted by Gasteiger charge is 2.30. The summed E-state index contributed by atoms with van der Waals surface area (Å²) in [6.07, 6.45) is -1.68. The maximum Gasteiger partial charge on any atom is 0.416 e. The first-order valence-corrected chi connectivity index (χ1v) is 9.13. The second-order valence-electron chi connectivity index (χ2n) is 6.76. The van der Waals surface area contributed by atoms with E-state index >= 15 is 0 Å². The number of anilines is 2. The van der Waals surface area contributed by atoms with E-state index in [1.54, 1.807) is 25.1 Å². The number of aromatic nitrogens is 1. The van der Waals surface area contributed by atoms with Gasteiger partial charge in [0.2, 0.25) is 0 Å². The molecule has 6 nitrogen and oxygen atoms in total. The molecule has 1 aromatic heterocycles. The van der Waals surface area contributed by atoms with E-state index < -0.39 is 23.6 Å². The summed E-state index contributed by atoms with van der Waals surface area (Å²) in [7, 11) is 0. The zero-order chi connectivity index (χ0) is 22.6. The molecule has 0 saturated heterocycles. The number of alkyl halides is 3. The third-order valence-corrected chi connectivity index (χ3v) is 4.43. The predicted molar refractivity (Wildman–Crippen MR) is 109 cm³/mol. The summed E-state index contributed by atoms with van der Waals surface area (Å²) in [5, 5.41) is 14.3. The Hall–Kier alpha value is -3.72. The first-order valence-electron chi connectivity index (χ1n) is 9.13. The number of carbonyl (C=O) groups is 2. The molecule has 0 fully saturated rings. The van der Waals surface area contributed by atoms with E-state index in [2.05, 4.69) is 15.6 Å². The number of hydrogen-bond acceptors (Lipinski definition) is 4. The minimum atomic E-state index is -4.56. The minimum Gasteiger partial charge on any atom is -0.392 e. The van der Waals surface area contributed by atoms with Crippen LogP contribution in [-0.4, -0.2) is 21.9 Å². The SMILES string of the molecule is Cc1ccc(NC(=O)c2cccc(C(F)(F)F)c2)cc1C(=O)Nc1cncc(CO)c1. The number of nitrogens with one attached hydrogen (secondary N) is 2. The van der Waals surface area contributed by atoms with Gasteiger partial charge in [-0.05, 0) is 54.4 Å². The number of pyridine rings is 1. The number of benzene rings is 2. The van der Waals surface area contributed by atoms with Gasteiger partial charge in [0.15, 0.2) is 0 Å². The van der Waals surface area contributed by atoms with Gasteiger partial charge in [0, 0.05) is 23.0 Å². The quantitative estimate of drug-likeness (QED) is 0.561. The standard InChI is InChI=1S/C22H18F3N3O3/c1-13-5-6-17(27-20(30)15-3-2-4-16(8-15)22(23,24)25)9-19(13)21(31)28-18-7-14(12-29)10-26-11-18/h2-11,29H,12H2,1H3,(H,27,30)(H,28,31). The van der Waals surface area contributed by atoms with Gasteiger partial charge in [0.25, 0.3) is 11.8 Å². The van der Waals surface area contributed by atoms with Crippen molar-refractivity contribution in [2.75, 3.05) is 10.6 Å². The number of aliphatic hydroxyl groups excluding tert-OH is 1. The zero-order valence-corrected chi connectivity index (χ0v) is 16.3. The molecule has 0 aliphatic heterocycles. The lowest BCUT2D eigenvalue weighted by atomic mass is 10.1. The summed E-state index contributed by atoms with van der Waals surface area (Å²) in [6.45, 7) is 1.47. The number of aryl methyl sites for hydroxylation is 1. The summed E-state index contributed by atoms with van der Waals surface area (Å²) < 4.78 is 38.6. The van der Waals surface area contributed by atoms with Gasteiger partial charge >= 0.3 is 6.18 Å². The largest absolute Gasteiger partial charge is 0.416 e. The van der Waals surface area contributed by atoms with Crippen LogP contribution in [0.15, 0.2) is 60.9 Å². The van der Waals surface area contributed by atoms with Crippen molar-refractivity contribution in [1.82, 2.24) is 4.98 Å². The molecule has 0 aliphatic rings. The number of nitrogens with zero attached hydrogens (tertiary/aromatic N) is 1. The van der Waals surface area contributed by atoms with Gasteiger partial charge in [-0.25, -0.2) is 0 Å². The molecule has 0 saturated carbocycles. The Bertz CT molecular complexity index is 1130. The Kier molecular flexibility index (Phi) is 6.36. The van der Waals surface area contributed by atoms with Gasteiger partial charge in [0.05, 0.1) is 24.1 Å². The van der Waals surface area contributed by atoms with Crippen LogP contribution in [0.2, 0.25) is 0 Å². The normalized spacial score (nSPS) is 11.1. The van der Waals surface area contributed by atoms with Crippen molar-refractivity contribution in [2.45, 2.75) is 19.7 Å². The lowest BCUT2D eigenvalue weighted by Crippen LogP contribution is -2.16. The molecule has 3 N–H and O–H groups in total. The highest BCUT2D eigenvalue weighted by Crippen LogP contribution is 2.29. The lowest BCUT2D eigenvalue weighted by molar-refractivity contribution is -0.137. The van der Waals surface area contributed by atoms with Crippen LogP contribution >= 0.6 is 0 Å². The average Bonchev–Trinajstić information content (AvgIpc) is 2.74. The highest BCUT2D eigenvalue weighted by molar-refractivity contribution is 6.08. The van der Waals surface area contributed by atoms with E-state index in [0.717, 1.165) is 18.2 Å². The average molecular weight is 429 g/mol. The molecule has 3 aromatic rings. The Morgan fingerprint density at radius 1 is 0.968 bits per heavy atom. The number of rotatable bonds is 5. The van der Waals surface area contributed by atoms with Crippen LogP contribution in [-0.2, 0) is 12.8 Å². The maximum absolute atomic E-state index is 12.9. The summed E-state index contributed by atoms with van der Waals surface area (Å²) in [5.41, 5.74) is 0.958. The van der Waals surface area contributed by atoms with Crippen LogP contribution in [0.4, 0.5) is 24.5 Å². The van der Waals surface area contributed by atoms with Crippen molar-refractivity contribution in [2.24, 2.45) is 0 Å². The van der Waals surface area contributed by atoms with Crippen molar-refractivity contribution >= 4 is 23.2 Å². The summed E-state index contributed by atoms with van der Waals surface area (Å²) in [4.78, 5) is 29.0. The second-order valence-corrected chi connectivity index (χ2v) is 6.76. The first kappa shape index (κ1) is 22.0. The Labute approximate surface area is 175 Å². The van der Waals surface area contributed by atoms with Crippen LogP contribution in [0, 0.1) is 6.92 Å². The van der Waals surface area contributed by atoms with Crippen molar-refractivity contribution in [3.05, 3.63) is 88.7 Å². The number of halogens is 3. The fourth-order valence-corrected chi connectivity index (χ4v) is 2.83. The van der Waals surface area contributed by atoms with E-state index in [1.165, 1.54) is 24.5 Å². The summed E-state index contributed by atoms with van der Waals surface area (Å²) in [5.74, 6) is -1.20. The van der Waals surface area contributed by atoms with Crippen molar-refractivity contribution in [3.63, 3.8) is 0 Å². The third-order valence-electron chi connectivity index (χ3n) is 4.43. The van der Waals surface area contributed by atoms with Crippen LogP contribution < -0.4 is 10.6 Å². The van der Waals surface area contributed by atoms with Crippen molar-refractivity contribution in [3.8, 4) is 0 Å². The molecular formula is C22H18F3N3O3. The highest BCUT2D eigenvalue weighted by atomic mass is 19.4. The fourth-order valence-electron chi connectivity index (χ4n) is 2.83. The Morgan fingerprint density at radius 3 is 2.42 bits per heavy atom. The van der Waals surface area contributed by atoms with Gasteiger partial charge in [-0.3, -0.25) is 14.6 Å². The summed E-state index contributed by atoms with van der Waals surface area (Å²) in [6, 6.07) is 10.2. The number of amides is 2. The minimum absolute atomic E-state index is 0.159. The maximum atomic E-state index is 12.9. The van der Waals surface area contributed by atoms with Crippen LogP contribution in [0.3, 0.4) is 0 Å². The van der Waals surface area contributed by atoms with Gasteiger partial charge in [-0.2, -0.15) is 13.2 Å². The molecule has 0 bridgehead atoms. The van der Waals surface area contributed by atoms with Gasteiger partial charge in [-0.1, -0.05) is 12.1 Å². The molecule has 1 heterocycles. The molecule has 9 heteroatoms. The molecule has 0 radical (unpaired) electrons. The fraction of sp³-hybridized carbons (Fsp3) is 0.136. The molecule has 160 valence electrons. The predicted octanol–water partition coefficient (Wildman–Crippen LogP) is 4.41. The third kappa shape index (κ3) is 5.46. The molecule has 0 atom stereocenters. The molecule has 0 aliphatic carbocycles. The van der Waals surface area contributed by atoms with Crippen LogP contribution in [0.5, 0.6) is 0 Å². The molecule has 0 unspecified atom stereocenters. The van der Waals surface area contributed by atoms with E-state index in [1.807, 2.05) is 0 Å². The van der Waals surface area contributed by atoms with Crippen LogP contribution in [0.1, 0.15) is 37.4 Å². The second kappa shape index (κ2) is 8.97. The molecule has 0 spiro atoms. The summed E-state index contributed by atoms with van der Waals surface area (Å²) >= 11 is 0. The first-order chi connectivity index (χ1) is 14.7. The lowest BCUT2D eigenvalue weighted by Gasteiger charge is -2.12. The van der Waals surface area contributed by atoms with E-state index in [-0.39, 0.29) is 23.4 Å². The molecule has 31 heavy (non-hydrogen) atoms. The Balaban J connectivity index is 1.79. The Morgan fingerprint density at radius 2 is 1.71 bits per heavy atom. The number of hydrogen-bond donors (Lipinski definition) is 3. The van der Waals surface area contributed by atoms with E-state index in [9.17, 15) is 27.9 Å². The van der Waals surface area contributed by atoms with Gasteiger partial charge in [0.1, 0.15) is 0 Å².